The lowest BCUT2D eigenvalue weighted by molar-refractivity contribution is -0.120. The third-order valence-corrected chi connectivity index (χ3v) is 4.22. The number of nitrogens with one attached hydrogen (secondary N) is 2. The number of hydrogen-bond acceptors (Lipinski definition) is 4. The van der Waals surface area contributed by atoms with Crippen molar-refractivity contribution in [1.29, 1.82) is 0 Å². The summed E-state index contributed by atoms with van der Waals surface area (Å²) in [6.07, 6.45) is 1.60. The molecule has 0 atom stereocenters. The van der Waals surface area contributed by atoms with Crippen LogP contribution >= 0.6 is 12.4 Å². The number of hydrogen-bond donors (Lipinski definition) is 3. The van der Waals surface area contributed by atoms with Crippen LogP contribution in [0.2, 0.25) is 0 Å². The molecule has 0 spiro atoms. The van der Waals surface area contributed by atoms with E-state index in [-0.39, 0.29) is 31.3 Å². The molecule has 9 heteroatoms. The third kappa shape index (κ3) is 7.17. The zero-order chi connectivity index (χ0) is 15.7. The van der Waals surface area contributed by atoms with Crippen molar-refractivity contribution in [3.63, 3.8) is 0 Å². The van der Waals surface area contributed by atoms with Crippen molar-refractivity contribution in [1.82, 2.24) is 10.0 Å². The Morgan fingerprint density at radius 2 is 1.86 bits per heavy atom. The number of sulfonamides is 1. The van der Waals surface area contributed by atoms with Crippen LogP contribution in [0.5, 0.6) is 0 Å². The average molecular weight is 354 g/mol. The van der Waals surface area contributed by atoms with E-state index < -0.39 is 20.7 Å². The molecule has 0 radical (unpaired) electrons. The predicted molar refractivity (Wildman–Crippen MR) is 84.8 cm³/mol. The number of amides is 1. The second-order valence-corrected chi connectivity index (χ2v) is 6.16. The molecule has 1 aromatic carbocycles. The molecule has 0 saturated heterocycles. The van der Waals surface area contributed by atoms with Gasteiger partial charge < -0.3 is 11.1 Å². The Kier molecular flexibility index (Phi) is 9.91. The van der Waals surface area contributed by atoms with E-state index in [1.54, 1.807) is 0 Å². The van der Waals surface area contributed by atoms with Gasteiger partial charge in [-0.3, -0.25) is 4.79 Å². The van der Waals surface area contributed by atoms with Crippen LogP contribution in [0.15, 0.2) is 29.2 Å². The molecule has 0 saturated carbocycles. The van der Waals surface area contributed by atoms with Crippen molar-refractivity contribution >= 4 is 28.3 Å². The normalized spacial score (nSPS) is 10.8. The molecule has 22 heavy (non-hydrogen) atoms. The Balaban J connectivity index is 0.00000441. The van der Waals surface area contributed by atoms with E-state index in [1.807, 2.05) is 0 Å². The molecule has 6 nitrogen and oxygen atoms in total. The first-order valence-electron chi connectivity index (χ1n) is 6.68. The molecule has 1 amide bonds. The van der Waals surface area contributed by atoms with Crippen LogP contribution in [0.25, 0.3) is 0 Å². The van der Waals surface area contributed by atoms with Gasteiger partial charge in [0.25, 0.3) is 0 Å². The van der Waals surface area contributed by atoms with Crippen LogP contribution in [0.1, 0.15) is 19.3 Å². The Bertz CT molecular complexity index is 569. The highest BCUT2D eigenvalue weighted by atomic mass is 35.5. The fraction of sp³-hybridized carbons (Fsp3) is 0.462. The summed E-state index contributed by atoms with van der Waals surface area (Å²) < 4.78 is 39.3. The van der Waals surface area contributed by atoms with E-state index in [2.05, 4.69) is 10.0 Å². The van der Waals surface area contributed by atoms with Gasteiger partial charge in [-0.1, -0.05) is 12.1 Å². The number of unbranched alkanes of at least 4 members (excludes halogenated alkanes) is 1. The first-order valence-corrected chi connectivity index (χ1v) is 8.16. The zero-order valence-electron chi connectivity index (χ0n) is 12.0. The average Bonchev–Trinajstić information content (AvgIpc) is 2.44. The molecular weight excluding hydrogens is 333 g/mol. The van der Waals surface area contributed by atoms with Crippen molar-refractivity contribution in [2.75, 3.05) is 19.6 Å². The van der Waals surface area contributed by atoms with Crippen LogP contribution in [0.4, 0.5) is 4.39 Å². The first-order chi connectivity index (χ1) is 9.97. The largest absolute Gasteiger partial charge is 0.356 e. The third-order valence-electron chi connectivity index (χ3n) is 2.72. The number of carbonyl (C=O) groups is 1. The minimum Gasteiger partial charge on any atom is -0.356 e. The van der Waals surface area contributed by atoms with E-state index in [9.17, 15) is 17.6 Å². The molecule has 0 unspecified atom stereocenters. The van der Waals surface area contributed by atoms with Gasteiger partial charge in [-0.2, -0.15) is 0 Å². The minimum absolute atomic E-state index is 0. The van der Waals surface area contributed by atoms with Gasteiger partial charge in [0.15, 0.2) is 0 Å². The molecule has 0 fully saturated rings. The second-order valence-electron chi connectivity index (χ2n) is 4.42. The van der Waals surface area contributed by atoms with Crippen LogP contribution < -0.4 is 15.8 Å². The smallest absolute Gasteiger partial charge is 0.243 e. The van der Waals surface area contributed by atoms with Gasteiger partial charge in [-0.25, -0.2) is 17.5 Å². The van der Waals surface area contributed by atoms with E-state index in [4.69, 9.17) is 5.73 Å². The van der Waals surface area contributed by atoms with E-state index in [0.29, 0.717) is 13.1 Å². The number of halogens is 2. The topological polar surface area (TPSA) is 101 Å². The van der Waals surface area contributed by atoms with Gasteiger partial charge in [-0.05, 0) is 31.5 Å². The lowest BCUT2D eigenvalue weighted by Gasteiger charge is -2.08. The summed E-state index contributed by atoms with van der Waals surface area (Å²) in [6.45, 7) is 0.994. The molecule has 126 valence electrons. The van der Waals surface area contributed by atoms with E-state index in [0.717, 1.165) is 18.9 Å². The lowest BCUT2D eigenvalue weighted by Crippen LogP contribution is -2.31. The summed E-state index contributed by atoms with van der Waals surface area (Å²) in [4.78, 5) is 11.0. The monoisotopic (exact) mass is 353 g/mol. The Morgan fingerprint density at radius 3 is 2.50 bits per heavy atom. The van der Waals surface area contributed by atoms with Gasteiger partial charge in [0, 0.05) is 19.5 Å². The van der Waals surface area contributed by atoms with E-state index >= 15 is 0 Å². The molecule has 0 aliphatic heterocycles. The number of nitrogens with two attached hydrogens (primary N) is 1. The molecular formula is C13H21ClFN3O3S. The highest BCUT2D eigenvalue weighted by Crippen LogP contribution is 2.12. The molecule has 0 aromatic heterocycles. The number of rotatable bonds is 9. The summed E-state index contributed by atoms with van der Waals surface area (Å²) in [6, 6.07) is 5.08. The van der Waals surface area contributed by atoms with Crippen LogP contribution in [-0.2, 0) is 14.8 Å². The van der Waals surface area contributed by atoms with Crippen molar-refractivity contribution in [2.24, 2.45) is 5.73 Å². The SMILES string of the molecule is Cl.NCCCCNC(=O)CCNS(=O)(=O)c1ccccc1F. The number of benzene rings is 1. The molecule has 0 bridgehead atoms. The maximum absolute atomic E-state index is 13.4. The standard InChI is InChI=1S/C13H20FN3O3S.ClH/c14-11-5-1-2-6-12(11)21(19,20)17-10-7-13(18)16-9-4-3-8-15;/h1-2,5-6,17H,3-4,7-10,15H2,(H,16,18);1H. The molecule has 1 aromatic rings. The first kappa shape index (κ1) is 20.8. The Hall–Kier alpha value is -1.22. The van der Waals surface area contributed by atoms with Crippen molar-refractivity contribution in [3.8, 4) is 0 Å². The van der Waals surface area contributed by atoms with Crippen LogP contribution in [-0.4, -0.2) is 34.0 Å². The maximum atomic E-state index is 13.4. The second kappa shape index (κ2) is 10.5. The van der Waals surface area contributed by atoms with Gasteiger partial charge >= 0.3 is 0 Å². The molecule has 0 aliphatic rings. The van der Waals surface area contributed by atoms with Crippen molar-refractivity contribution < 1.29 is 17.6 Å². The van der Waals surface area contributed by atoms with Crippen molar-refractivity contribution in [2.45, 2.75) is 24.2 Å². The van der Waals surface area contributed by atoms with Crippen molar-refractivity contribution in [3.05, 3.63) is 30.1 Å². The summed E-state index contributed by atoms with van der Waals surface area (Å²) in [5, 5.41) is 2.65. The zero-order valence-corrected chi connectivity index (χ0v) is 13.7. The summed E-state index contributed by atoms with van der Waals surface area (Å²) in [5.74, 6) is -1.08. The van der Waals surface area contributed by atoms with Gasteiger partial charge in [0.2, 0.25) is 15.9 Å². The van der Waals surface area contributed by atoms with E-state index in [1.165, 1.54) is 18.2 Å². The van der Waals surface area contributed by atoms with Gasteiger partial charge in [0.1, 0.15) is 10.7 Å². The van der Waals surface area contributed by atoms with Crippen LogP contribution in [0, 0.1) is 5.82 Å². The maximum Gasteiger partial charge on any atom is 0.243 e. The van der Waals surface area contributed by atoms with Gasteiger partial charge in [-0.15, -0.1) is 12.4 Å². The number of carbonyl (C=O) groups excluding carboxylic acids is 1. The Labute approximate surface area is 136 Å². The summed E-state index contributed by atoms with van der Waals surface area (Å²) >= 11 is 0. The fourth-order valence-corrected chi connectivity index (χ4v) is 2.73. The van der Waals surface area contributed by atoms with Crippen LogP contribution in [0.3, 0.4) is 0 Å². The predicted octanol–water partition coefficient (Wildman–Crippen LogP) is 0.771. The summed E-state index contributed by atoms with van der Waals surface area (Å²) in [7, 11) is -3.94. The van der Waals surface area contributed by atoms with Gasteiger partial charge in [0.05, 0.1) is 0 Å². The molecule has 4 N–H and O–H groups in total. The highest BCUT2D eigenvalue weighted by Gasteiger charge is 2.18. The summed E-state index contributed by atoms with van der Waals surface area (Å²) in [5.41, 5.74) is 5.32. The minimum atomic E-state index is -3.94. The lowest BCUT2D eigenvalue weighted by atomic mass is 10.3. The quantitative estimate of drug-likeness (QED) is 0.571. The molecule has 0 heterocycles. The fourth-order valence-electron chi connectivity index (χ4n) is 1.62. The molecule has 0 aliphatic carbocycles. The highest BCUT2D eigenvalue weighted by molar-refractivity contribution is 7.89. The molecule has 1 rings (SSSR count). The Morgan fingerprint density at radius 1 is 1.18 bits per heavy atom.